The van der Waals surface area contributed by atoms with E-state index in [1.54, 1.807) is 0 Å². The van der Waals surface area contributed by atoms with Crippen LogP contribution in [-0.4, -0.2) is 6.54 Å². The van der Waals surface area contributed by atoms with Crippen LogP contribution in [0.2, 0.25) is 0 Å². The average Bonchev–Trinajstić information content (AvgIpc) is 3.02. The Hall–Kier alpha value is -0.820. The molecule has 1 N–H and O–H groups in total. The highest BCUT2D eigenvalue weighted by Crippen LogP contribution is 2.28. The van der Waals surface area contributed by atoms with Crippen LogP contribution >= 0.6 is 0 Å². The lowest BCUT2D eigenvalue weighted by molar-refractivity contribution is 0.548. The van der Waals surface area contributed by atoms with Gasteiger partial charge in [-0.05, 0) is 62.8 Å². The molecule has 1 atom stereocenters. The summed E-state index contributed by atoms with van der Waals surface area (Å²) in [5.74, 6) is 0.957. The fourth-order valence-electron chi connectivity index (χ4n) is 1.82. The van der Waals surface area contributed by atoms with Gasteiger partial charge >= 0.3 is 0 Å². The van der Waals surface area contributed by atoms with Gasteiger partial charge in [0.2, 0.25) is 0 Å². The Bertz CT molecular complexity index is 339. The lowest BCUT2D eigenvalue weighted by atomic mass is 10.0. The molecule has 0 heterocycles. The van der Waals surface area contributed by atoms with E-state index >= 15 is 0 Å². The van der Waals surface area contributed by atoms with Crippen LogP contribution in [0.1, 0.15) is 42.5 Å². The molecule has 1 aliphatic carbocycles. The van der Waals surface area contributed by atoms with E-state index in [-0.39, 0.29) is 0 Å². The summed E-state index contributed by atoms with van der Waals surface area (Å²) in [5.41, 5.74) is 4.19. The highest BCUT2D eigenvalue weighted by molar-refractivity contribution is 5.31. The molecule has 0 amide bonds. The van der Waals surface area contributed by atoms with Gasteiger partial charge < -0.3 is 5.32 Å². The Balaban J connectivity index is 1.97. The van der Waals surface area contributed by atoms with Gasteiger partial charge in [-0.15, -0.1) is 0 Å². The Morgan fingerprint density at radius 2 is 2.00 bits per heavy atom. The summed E-state index contributed by atoms with van der Waals surface area (Å²) in [4.78, 5) is 0. The van der Waals surface area contributed by atoms with Gasteiger partial charge in [-0.1, -0.05) is 18.2 Å². The van der Waals surface area contributed by atoms with Gasteiger partial charge in [0.15, 0.2) is 0 Å². The maximum atomic E-state index is 3.61. The van der Waals surface area contributed by atoms with Crippen LogP contribution < -0.4 is 5.32 Å². The minimum absolute atomic E-state index is 0.491. The van der Waals surface area contributed by atoms with Crippen LogP contribution in [0.4, 0.5) is 0 Å². The molecule has 2 rings (SSSR count). The van der Waals surface area contributed by atoms with E-state index in [1.165, 1.54) is 36.1 Å². The van der Waals surface area contributed by atoms with Crippen LogP contribution in [0.5, 0.6) is 0 Å². The Morgan fingerprint density at radius 3 is 2.60 bits per heavy atom. The van der Waals surface area contributed by atoms with Crippen molar-refractivity contribution in [3.05, 3.63) is 34.9 Å². The van der Waals surface area contributed by atoms with Crippen LogP contribution in [-0.2, 0) is 0 Å². The van der Waals surface area contributed by atoms with Crippen LogP contribution in [0.15, 0.2) is 18.2 Å². The third-order valence-corrected chi connectivity index (χ3v) is 3.44. The van der Waals surface area contributed by atoms with Crippen molar-refractivity contribution in [2.75, 3.05) is 6.54 Å². The number of hydrogen-bond acceptors (Lipinski definition) is 1. The topological polar surface area (TPSA) is 12.0 Å². The van der Waals surface area contributed by atoms with Crippen molar-refractivity contribution < 1.29 is 0 Å². The largest absolute Gasteiger partial charge is 0.310 e. The fraction of sp³-hybridized carbons (Fsp3) is 0.571. The van der Waals surface area contributed by atoms with Gasteiger partial charge in [0, 0.05) is 6.04 Å². The predicted octanol–water partition coefficient (Wildman–Crippen LogP) is 3.36. The van der Waals surface area contributed by atoms with Crippen molar-refractivity contribution in [3.63, 3.8) is 0 Å². The molecule has 1 fully saturated rings. The molecular weight excluding hydrogens is 182 g/mol. The highest BCUT2D eigenvalue weighted by atomic mass is 14.9. The van der Waals surface area contributed by atoms with Crippen LogP contribution in [0.25, 0.3) is 0 Å². The molecule has 1 aliphatic rings. The normalized spacial score (nSPS) is 17.8. The van der Waals surface area contributed by atoms with E-state index in [0.717, 1.165) is 5.92 Å². The van der Waals surface area contributed by atoms with E-state index < -0.39 is 0 Å². The number of hydrogen-bond donors (Lipinski definition) is 1. The molecule has 0 saturated heterocycles. The molecule has 1 heteroatoms. The molecule has 15 heavy (non-hydrogen) atoms. The summed E-state index contributed by atoms with van der Waals surface area (Å²) in [5, 5.41) is 3.61. The molecule has 1 aromatic rings. The SMILES string of the molecule is Cc1ccc(C(C)NCC2CC2)cc1C. The molecule has 0 radical (unpaired) electrons. The first kappa shape index (κ1) is 10.7. The quantitative estimate of drug-likeness (QED) is 0.791. The van der Waals surface area contributed by atoms with Crippen LogP contribution in [0, 0.1) is 19.8 Å². The third kappa shape index (κ3) is 2.82. The van der Waals surface area contributed by atoms with Crippen molar-refractivity contribution in [1.29, 1.82) is 0 Å². The van der Waals surface area contributed by atoms with Gasteiger partial charge in [0.1, 0.15) is 0 Å². The molecule has 1 nitrogen and oxygen atoms in total. The number of benzene rings is 1. The van der Waals surface area contributed by atoms with Crippen molar-refractivity contribution in [2.24, 2.45) is 5.92 Å². The fourth-order valence-corrected chi connectivity index (χ4v) is 1.82. The maximum absolute atomic E-state index is 3.61. The monoisotopic (exact) mass is 203 g/mol. The molecule has 82 valence electrons. The minimum Gasteiger partial charge on any atom is -0.310 e. The van der Waals surface area contributed by atoms with Gasteiger partial charge in [-0.2, -0.15) is 0 Å². The average molecular weight is 203 g/mol. The summed E-state index contributed by atoms with van der Waals surface area (Å²) in [7, 11) is 0. The third-order valence-electron chi connectivity index (χ3n) is 3.44. The Morgan fingerprint density at radius 1 is 1.27 bits per heavy atom. The molecule has 1 unspecified atom stereocenters. The van der Waals surface area contributed by atoms with Crippen molar-refractivity contribution in [3.8, 4) is 0 Å². The smallest absolute Gasteiger partial charge is 0.0292 e. The molecule has 0 bridgehead atoms. The second kappa shape index (κ2) is 4.36. The number of nitrogens with one attached hydrogen (secondary N) is 1. The van der Waals surface area contributed by atoms with Crippen molar-refractivity contribution in [1.82, 2.24) is 5.32 Å². The lowest BCUT2D eigenvalue weighted by Gasteiger charge is -2.15. The second-order valence-corrected chi connectivity index (χ2v) is 4.92. The number of aryl methyl sites for hydroxylation is 2. The van der Waals surface area contributed by atoms with Crippen molar-refractivity contribution in [2.45, 2.75) is 39.7 Å². The summed E-state index contributed by atoms with van der Waals surface area (Å²) >= 11 is 0. The van der Waals surface area contributed by atoms with Gasteiger partial charge in [0.25, 0.3) is 0 Å². The molecule has 1 saturated carbocycles. The predicted molar refractivity (Wildman–Crippen MR) is 65.1 cm³/mol. The van der Waals surface area contributed by atoms with Gasteiger partial charge in [0.05, 0.1) is 0 Å². The molecule has 1 aromatic carbocycles. The first-order valence-electron chi connectivity index (χ1n) is 5.97. The van der Waals surface area contributed by atoms with E-state index in [1.807, 2.05) is 0 Å². The minimum atomic E-state index is 0.491. The molecular formula is C14H21N. The molecule has 0 aromatic heterocycles. The summed E-state index contributed by atoms with van der Waals surface area (Å²) in [6, 6.07) is 7.26. The summed E-state index contributed by atoms with van der Waals surface area (Å²) in [6.45, 7) is 7.80. The highest BCUT2D eigenvalue weighted by Gasteiger charge is 2.21. The van der Waals surface area contributed by atoms with E-state index in [0.29, 0.717) is 6.04 Å². The zero-order chi connectivity index (χ0) is 10.8. The second-order valence-electron chi connectivity index (χ2n) is 4.92. The van der Waals surface area contributed by atoms with E-state index in [9.17, 15) is 0 Å². The summed E-state index contributed by atoms with van der Waals surface area (Å²) < 4.78 is 0. The Kier molecular flexibility index (Phi) is 3.11. The zero-order valence-electron chi connectivity index (χ0n) is 10.0. The van der Waals surface area contributed by atoms with Crippen LogP contribution in [0.3, 0.4) is 0 Å². The van der Waals surface area contributed by atoms with Gasteiger partial charge in [-0.25, -0.2) is 0 Å². The van der Waals surface area contributed by atoms with E-state index in [4.69, 9.17) is 0 Å². The standard InChI is InChI=1S/C14H21N/c1-10-4-7-14(8-11(10)2)12(3)15-9-13-5-6-13/h4,7-8,12-13,15H,5-6,9H2,1-3H3. The number of rotatable bonds is 4. The first-order chi connectivity index (χ1) is 7.16. The summed E-state index contributed by atoms with van der Waals surface area (Å²) in [6.07, 6.45) is 2.85. The van der Waals surface area contributed by atoms with Gasteiger partial charge in [-0.3, -0.25) is 0 Å². The molecule has 0 spiro atoms. The first-order valence-corrected chi connectivity index (χ1v) is 5.97. The zero-order valence-corrected chi connectivity index (χ0v) is 10.0. The van der Waals surface area contributed by atoms with Crippen molar-refractivity contribution >= 4 is 0 Å². The Labute approximate surface area is 92.9 Å². The molecule has 0 aliphatic heterocycles. The maximum Gasteiger partial charge on any atom is 0.0292 e. The van der Waals surface area contributed by atoms with E-state index in [2.05, 4.69) is 44.3 Å². The lowest BCUT2D eigenvalue weighted by Crippen LogP contribution is -2.21.